The SMILES string of the molecule is O=C(CN1CCN(Cc2ccc(Cl)c(Cl)c2)CC1)Nc1cc(Cl)ccc1Cl. The fourth-order valence-electron chi connectivity index (χ4n) is 2.99. The van der Waals surface area contributed by atoms with Gasteiger partial charge in [0.2, 0.25) is 5.91 Å². The first-order valence-corrected chi connectivity index (χ1v) is 10.1. The van der Waals surface area contributed by atoms with Crippen LogP contribution >= 0.6 is 46.4 Å². The van der Waals surface area contributed by atoms with Gasteiger partial charge in [-0.25, -0.2) is 0 Å². The Kier molecular flexibility index (Phi) is 7.26. The van der Waals surface area contributed by atoms with Crippen LogP contribution in [0.5, 0.6) is 0 Å². The molecule has 4 nitrogen and oxygen atoms in total. The number of amides is 1. The highest BCUT2D eigenvalue weighted by Gasteiger charge is 2.19. The summed E-state index contributed by atoms with van der Waals surface area (Å²) in [6.45, 7) is 4.53. The number of rotatable bonds is 5. The van der Waals surface area contributed by atoms with Crippen LogP contribution in [0, 0.1) is 0 Å². The minimum absolute atomic E-state index is 0.0999. The maximum atomic E-state index is 12.3. The minimum atomic E-state index is -0.0999. The van der Waals surface area contributed by atoms with Gasteiger partial charge in [0.25, 0.3) is 0 Å². The van der Waals surface area contributed by atoms with E-state index in [4.69, 9.17) is 46.4 Å². The van der Waals surface area contributed by atoms with Gasteiger partial charge in [0.15, 0.2) is 0 Å². The molecule has 1 aliphatic rings. The van der Waals surface area contributed by atoms with E-state index in [-0.39, 0.29) is 5.91 Å². The van der Waals surface area contributed by atoms with E-state index in [0.29, 0.717) is 32.3 Å². The molecule has 27 heavy (non-hydrogen) atoms. The molecule has 1 heterocycles. The van der Waals surface area contributed by atoms with Gasteiger partial charge in [0, 0.05) is 37.7 Å². The Morgan fingerprint density at radius 3 is 2.22 bits per heavy atom. The van der Waals surface area contributed by atoms with E-state index < -0.39 is 0 Å². The van der Waals surface area contributed by atoms with Crippen molar-refractivity contribution in [2.24, 2.45) is 0 Å². The molecule has 2 aromatic rings. The average Bonchev–Trinajstić information content (AvgIpc) is 2.63. The van der Waals surface area contributed by atoms with Gasteiger partial charge in [-0.05, 0) is 35.9 Å². The normalized spacial score (nSPS) is 15.7. The quantitative estimate of drug-likeness (QED) is 0.697. The molecule has 0 aliphatic carbocycles. The lowest BCUT2D eigenvalue weighted by Gasteiger charge is -2.34. The topological polar surface area (TPSA) is 35.6 Å². The van der Waals surface area contributed by atoms with E-state index >= 15 is 0 Å². The number of anilines is 1. The number of carbonyl (C=O) groups is 1. The first kappa shape index (κ1) is 20.7. The molecule has 0 aromatic heterocycles. The fourth-order valence-corrected chi connectivity index (χ4v) is 3.65. The van der Waals surface area contributed by atoms with Crippen LogP contribution in [0.4, 0.5) is 5.69 Å². The first-order chi connectivity index (χ1) is 12.9. The maximum absolute atomic E-state index is 12.3. The summed E-state index contributed by atoms with van der Waals surface area (Å²) in [6, 6.07) is 10.7. The molecule has 1 aliphatic heterocycles. The molecule has 1 fully saturated rings. The molecule has 2 aromatic carbocycles. The second-order valence-electron chi connectivity index (χ2n) is 6.47. The van der Waals surface area contributed by atoms with Crippen LogP contribution in [0.2, 0.25) is 20.1 Å². The molecular weight excluding hydrogens is 428 g/mol. The Bertz CT molecular complexity index is 823. The van der Waals surface area contributed by atoms with Gasteiger partial charge in [0.1, 0.15) is 0 Å². The van der Waals surface area contributed by atoms with Crippen LogP contribution < -0.4 is 5.32 Å². The van der Waals surface area contributed by atoms with Crippen molar-refractivity contribution in [3.05, 3.63) is 62.1 Å². The van der Waals surface area contributed by atoms with Crippen LogP contribution in [0.1, 0.15) is 5.56 Å². The summed E-state index contributed by atoms with van der Waals surface area (Å²) in [5.41, 5.74) is 1.67. The van der Waals surface area contributed by atoms with Crippen molar-refractivity contribution in [2.45, 2.75) is 6.54 Å². The highest BCUT2D eigenvalue weighted by molar-refractivity contribution is 6.42. The van der Waals surface area contributed by atoms with Crippen LogP contribution in [-0.4, -0.2) is 48.4 Å². The van der Waals surface area contributed by atoms with Gasteiger partial charge in [-0.1, -0.05) is 52.5 Å². The lowest BCUT2D eigenvalue weighted by Crippen LogP contribution is -2.48. The predicted octanol–water partition coefficient (Wildman–Crippen LogP) is 5.06. The fraction of sp³-hybridized carbons (Fsp3) is 0.316. The van der Waals surface area contributed by atoms with E-state index in [0.717, 1.165) is 38.3 Å². The van der Waals surface area contributed by atoms with Crippen molar-refractivity contribution in [1.29, 1.82) is 0 Å². The maximum Gasteiger partial charge on any atom is 0.238 e. The van der Waals surface area contributed by atoms with E-state index in [1.165, 1.54) is 0 Å². The van der Waals surface area contributed by atoms with Gasteiger partial charge in [-0.3, -0.25) is 14.6 Å². The first-order valence-electron chi connectivity index (χ1n) is 8.54. The summed E-state index contributed by atoms with van der Waals surface area (Å²) in [5, 5.41) is 4.97. The Morgan fingerprint density at radius 1 is 0.852 bits per heavy atom. The number of hydrogen-bond donors (Lipinski definition) is 1. The lowest BCUT2D eigenvalue weighted by atomic mass is 10.2. The molecule has 0 radical (unpaired) electrons. The standard InChI is InChI=1S/C19H19Cl4N3O/c20-14-2-4-16(22)18(10-14)24-19(27)12-26-7-5-25(6-8-26)11-13-1-3-15(21)17(23)9-13/h1-4,9-10H,5-8,11-12H2,(H,24,27). The second kappa shape index (κ2) is 9.46. The van der Waals surface area contributed by atoms with Crippen molar-refractivity contribution in [3.8, 4) is 0 Å². The molecule has 0 unspecified atom stereocenters. The third-order valence-corrected chi connectivity index (χ3v) is 5.73. The van der Waals surface area contributed by atoms with Gasteiger partial charge in [0.05, 0.1) is 27.3 Å². The Morgan fingerprint density at radius 2 is 1.52 bits per heavy atom. The Hall–Kier alpha value is -1.01. The molecule has 144 valence electrons. The average molecular weight is 447 g/mol. The number of nitrogens with zero attached hydrogens (tertiary/aromatic N) is 2. The van der Waals surface area contributed by atoms with Gasteiger partial charge >= 0.3 is 0 Å². The van der Waals surface area contributed by atoms with Gasteiger partial charge in [-0.2, -0.15) is 0 Å². The van der Waals surface area contributed by atoms with Crippen LogP contribution in [-0.2, 0) is 11.3 Å². The molecule has 0 bridgehead atoms. The van der Waals surface area contributed by atoms with Crippen LogP contribution in [0.25, 0.3) is 0 Å². The second-order valence-corrected chi connectivity index (χ2v) is 8.13. The highest BCUT2D eigenvalue weighted by atomic mass is 35.5. The molecule has 1 amide bonds. The minimum Gasteiger partial charge on any atom is -0.324 e. The monoisotopic (exact) mass is 445 g/mol. The van der Waals surface area contributed by atoms with Crippen molar-refractivity contribution in [3.63, 3.8) is 0 Å². The third-order valence-electron chi connectivity index (χ3n) is 4.42. The number of benzene rings is 2. The van der Waals surface area contributed by atoms with Gasteiger partial charge in [-0.15, -0.1) is 0 Å². The molecule has 0 spiro atoms. The molecule has 1 saturated heterocycles. The van der Waals surface area contributed by atoms with E-state index in [2.05, 4.69) is 15.1 Å². The molecule has 0 atom stereocenters. The lowest BCUT2D eigenvalue weighted by molar-refractivity contribution is -0.117. The molecule has 3 rings (SSSR count). The molecule has 0 saturated carbocycles. The highest BCUT2D eigenvalue weighted by Crippen LogP contribution is 2.25. The summed E-state index contributed by atoms with van der Waals surface area (Å²) >= 11 is 24.1. The van der Waals surface area contributed by atoms with Crippen molar-refractivity contribution in [1.82, 2.24) is 9.80 Å². The Labute approximate surface area is 178 Å². The van der Waals surface area contributed by atoms with Crippen molar-refractivity contribution in [2.75, 3.05) is 38.0 Å². The van der Waals surface area contributed by atoms with Crippen molar-refractivity contribution >= 4 is 58.0 Å². The van der Waals surface area contributed by atoms with E-state index in [1.54, 1.807) is 18.2 Å². The third kappa shape index (κ3) is 5.98. The van der Waals surface area contributed by atoms with Crippen LogP contribution in [0.3, 0.4) is 0 Å². The number of halogens is 4. The Balaban J connectivity index is 1.46. The molecule has 1 N–H and O–H groups in total. The summed E-state index contributed by atoms with van der Waals surface area (Å²) in [5.74, 6) is -0.0999. The zero-order valence-corrected chi connectivity index (χ0v) is 17.5. The number of piperazine rings is 1. The zero-order valence-electron chi connectivity index (χ0n) is 14.5. The zero-order chi connectivity index (χ0) is 19.4. The number of hydrogen-bond acceptors (Lipinski definition) is 3. The van der Waals surface area contributed by atoms with E-state index in [9.17, 15) is 4.79 Å². The summed E-state index contributed by atoms with van der Waals surface area (Å²) in [6.07, 6.45) is 0. The summed E-state index contributed by atoms with van der Waals surface area (Å²) in [7, 11) is 0. The summed E-state index contributed by atoms with van der Waals surface area (Å²) in [4.78, 5) is 16.8. The number of carbonyl (C=O) groups excluding carboxylic acids is 1. The number of nitrogens with one attached hydrogen (secondary N) is 1. The van der Waals surface area contributed by atoms with Crippen molar-refractivity contribution < 1.29 is 4.79 Å². The summed E-state index contributed by atoms with van der Waals surface area (Å²) < 4.78 is 0. The predicted molar refractivity (Wildman–Crippen MR) is 113 cm³/mol. The largest absolute Gasteiger partial charge is 0.324 e. The van der Waals surface area contributed by atoms with E-state index in [1.807, 2.05) is 18.2 Å². The molecular formula is C19H19Cl4N3O. The van der Waals surface area contributed by atoms with Crippen LogP contribution in [0.15, 0.2) is 36.4 Å². The van der Waals surface area contributed by atoms with Gasteiger partial charge < -0.3 is 5.32 Å². The molecule has 8 heteroatoms. The smallest absolute Gasteiger partial charge is 0.238 e.